The van der Waals surface area contributed by atoms with Crippen molar-refractivity contribution in [3.05, 3.63) is 23.2 Å². The molecule has 0 atom stereocenters. The lowest BCUT2D eigenvalue weighted by Crippen LogP contribution is -2.49. The summed E-state index contributed by atoms with van der Waals surface area (Å²) in [6, 6.07) is 6.40. The third-order valence-corrected chi connectivity index (χ3v) is 6.98. The van der Waals surface area contributed by atoms with Crippen LogP contribution in [0.1, 0.15) is 51.4 Å². The number of anilines is 2. The van der Waals surface area contributed by atoms with Gasteiger partial charge in [0.25, 0.3) is 0 Å². The summed E-state index contributed by atoms with van der Waals surface area (Å²) in [6.07, 6.45) is 9.70. The Bertz CT molecular complexity index is 914. The molecule has 1 aliphatic heterocycles. The predicted molar refractivity (Wildman–Crippen MR) is 132 cm³/mol. The number of nitrogens with zero attached hydrogens (tertiary/aromatic N) is 5. The monoisotopic (exact) mass is 474 g/mol. The van der Waals surface area contributed by atoms with E-state index in [0.29, 0.717) is 40.5 Å². The van der Waals surface area contributed by atoms with Gasteiger partial charge in [-0.25, -0.2) is 0 Å². The van der Waals surface area contributed by atoms with Gasteiger partial charge in [0.15, 0.2) is 0 Å². The van der Waals surface area contributed by atoms with Gasteiger partial charge in [0.2, 0.25) is 11.9 Å². The van der Waals surface area contributed by atoms with Crippen molar-refractivity contribution in [1.82, 2.24) is 19.9 Å². The minimum absolute atomic E-state index is 0.261. The number of hydrogen-bond donors (Lipinski definition) is 1. The molecule has 33 heavy (non-hydrogen) atoms. The second-order valence-corrected chi connectivity index (χ2v) is 9.38. The standard InChI is InChI=1S/C24H35ClN6O2/c1-26-22-27-23(29-24(28-22)33-19-10-11-21(32-3)20(25)16-19)31(17-8-6-4-5-7-9-17)18-12-14-30(2)15-13-18/h10-11,16-18H,4-9,12-15H2,1-3H3,(H,26,27,28,29). The van der Waals surface area contributed by atoms with Crippen LogP contribution in [0.3, 0.4) is 0 Å². The van der Waals surface area contributed by atoms with Crippen LogP contribution in [0.4, 0.5) is 11.9 Å². The number of aromatic nitrogens is 3. The van der Waals surface area contributed by atoms with Gasteiger partial charge in [-0.15, -0.1) is 0 Å². The van der Waals surface area contributed by atoms with Gasteiger partial charge in [0.05, 0.1) is 12.1 Å². The summed E-state index contributed by atoms with van der Waals surface area (Å²) in [5, 5.41) is 3.56. The molecule has 180 valence electrons. The zero-order valence-corrected chi connectivity index (χ0v) is 20.6. The van der Waals surface area contributed by atoms with Gasteiger partial charge in [0.1, 0.15) is 11.5 Å². The average Bonchev–Trinajstić information content (AvgIpc) is 3.10. The minimum atomic E-state index is 0.261. The number of hydrogen-bond acceptors (Lipinski definition) is 8. The highest BCUT2D eigenvalue weighted by Crippen LogP contribution is 2.33. The molecule has 1 aliphatic carbocycles. The van der Waals surface area contributed by atoms with E-state index in [1.807, 2.05) is 7.05 Å². The molecule has 0 bridgehead atoms. The number of nitrogens with one attached hydrogen (secondary N) is 1. The molecule has 8 nitrogen and oxygen atoms in total. The fraction of sp³-hybridized carbons (Fsp3) is 0.625. The third kappa shape index (κ3) is 5.98. The first-order chi connectivity index (χ1) is 16.1. The van der Waals surface area contributed by atoms with E-state index in [9.17, 15) is 0 Å². The maximum atomic E-state index is 6.28. The van der Waals surface area contributed by atoms with Gasteiger partial charge in [-0.1, -0.05) is 37.3 Å². The third-order valence-electron chi connectivity index (χ3n) is 6.69. The summed E-state index contributed by atoms with van der Waals surface area (Å²) in [5.41, 5.74) is 0. The number of methoxy groups -OCH3 is 1. The molecule has 2 aromatic rings. The summed E-state index contributed by atoms with van der Waals surface area (Å²) in [4.78, 5) is 18.9. The highest BCUT2D eigenvalue weighted by atomic mass is 35.5. The van der Waals surface area contributed by atoms with Gasteiger partial charge in [-0.2, -0.15) is 15.0 Å². The Balaban J connectivity index is 1.66. The highest BCUT2D eigenvalue weighted by Gasteiger charge is 2.32. The van der Waals surface area contributed by atoms with E-state index in [2.05, 4.69) is 27.1 Å². The van der Waals surface area contributed by atoms with E-state index in [0.717, 1.165) is 25.9 Å². The van der Waals surface area contributed by atoms with Gasteiger partial charge in [-0.05, 0) is 58.0 Å². The largest absolute Gasteiger partial charge is 0.495 e. The summed E-state index contributed by atoms with van der Waals surface area (Å²) in [7, 11) is 5.60. The summed E-state index contributed by atoms with van der Waals surface area (Å²) < 4.78 is 11.3. The van der Waals surface area contributed by atoms with Crippen LogP contribution < -0.4 is 19.7 Å². The Hall–Kier alpha value is -2.32. The molecule has 1 N–H and O–H groups in total. The Labute approximate surface area is 201 Å². The molecule has 9 heteroatoms. The zero-order valence-electron chi connectivity index (χ0n) is 19.9. The summed E-state index contributed by atoms with van der Waals surface area (Å²) >= 11 is 6.28. The van der Waals surface area contributed by atoms with Crippen LogP contribution in [0.5, 0.6) is 17.5 Å². The molecule has 0 spiro atoms. The van der Waals surface area contributed by atoms with Gasteiger partial charge >= 0.3 is 6.01 Å². The molecule has 0 radical (unpaired) electrons. The number of ether oxygens (including phenoxy) is 2. The smallest absolute Gasteiger partial charge is 0.328 e. The number of rotatable bonds is 7. The van der Waals surface area contributed by atoms with E-state index in [1.165, 1.54) is 38.5 Å². The van der Waals surface area contributed by atoms with Gasteiger partial charge in [-0.3, -0.25) is 0 Å². The SMILES string of the molecule is CNc1nc(Oc2ccc(OC)c(Cl)c2)nc(N(C2CCCCCC2)C2CCN(C)CC2)n1. The van der Waals surface area contributed by atoms with Crippen LogP contribution in [0, 0.1) is 0 Å². The molecule has 1 saturated carbocycles. The molecule has 2 aliphatic rings. The van der Waals surface area contributed by atoms with Crippen LogP contribution in [0.2, 0.25) is 5.02 Å². The Kier molecular flexibility index (Phi) is 8.09. The Morgan fingerprint density at radius 1 is 1.00 bits per heavy atom. The van der Waals surface area contributed by atoms with Crippen molar-refractivity contribution in [2.45, 2.75) is 63.5 Å². The fourth-order valence-electron chi connectivity index (χ4n) is 4.87. The molecule has 0 amide bonds. The number of benzene rings is 1. The molecule has 0 unspecified atom stereocenters. The fourth-order valence-corrected chi connectivity index (χ4v) is 5.12. The second kappa shape index (κ2) is 11.2. The molecular formula is C24H35ClN6O2. The molecule has 1 saturated heterocycles. The van der Waals surface area contributed by atoms with Gasteiger partial charge < -0.3 is 24.6 Å². The normalized spacial score (nSPS) is 18.5. The first-order valence-corrected chi connectivity index (χ1v) is 12.4. The van der Waals surface area contributed by atoms with Crippen LogP contribution in [-0.2, 0) is 0 Å². The van der Waals surface area contributed by atoms with Crippen LogP contribution in [0.15, 0.2) is 18.2 Å². The van der Waals surface area contributed by atoms with E-state index < -0.39 is 0 Å². The quantitative estimate of drug-likeness (QED) is 0.562. The van der Waals surface area contributed by atoms with Crippen molar-refractivity contribution in [3.8, 4) is 17.5 Å². The zero-order chi connectivity index (χ0) is 23.2. The number of halogens is 1. The van der Waals surface area contributed by atoms with E-state index in [4.69, 9.17) is 31.0 Å². The number of piperidine rings is 1. The Morgan fingerprint density at radius 2 is 1.70 bits per heavy atom. The topological polar surface area (TPSA) is 75.6 Å². The molecular weight excluding hydrogens is 440 g/mol. The van der Waals surface area contributed by atoms with Crippen molar-refractivity contribution in [3.63, 3.8) is 0 Å². The van der Waals surface area contributed by atoms with Crippen molar-refractivity contribution < 1.29 is 9.47 Å². The lowest BCUT2D eigenvalue weighted by Gasteiger charge is -2.41. The molecule has 4 rings (SSSR count). The van der Waals surface area contributed by atoms with Crippen LogP contribution >= 0.6 is 11.6 Å². The first kappa shape index (κ1) is 23.8. The van der Waals surface area contributed by atoms with Gasteiger partial charge in [0, 0.05) is 25.2 Å². The molecule has 2 heterocycles. The highest BCUT2D eigenvalue weighted by molar-refractivity contribution is 6.32. The van der Waals surface area contributed by atoms with E-state index in [-0.39, 0.29) is 6.01 Å². The van der Waals surface area contributed by atoms with Crippen LogP contribution in [0.25, 0.3) is 0 Å². The number of likely N-dealkylation sites (tertiary alicyclic amines) is 1. The van der Waals surface area contributed by atoms with E-state index in [1.54, 1.807) is 25.3 Å². The predicted octanol–water partition coefficient (Wildman–Crippen LogP) is 4.99. The summed E-state index contributed by atoms with van der Waals surface area (Å²) in [5.74, 6) is 2.35. The lowest BCUT2D eigenvalue weighted by atomic mass is 9.98. The second-order valence-electron chi connectivity index (χ2n) is 8.98. The molecule has 2 fully saturated rings. The first-order valence-electron chi connectivity index (χ1n) is 12.0. The van der Waals surface area contributed by atoms with Crippen LogP contribution in [-0.4, -0.2) is 66.2 Å². The lowest BCUT2D eigenvalue weighted by molar-refractivity contribution is 0.239. The van der Waals surface area contributed by atoms with Crippen molar-refractivity contribution in [2.24, 2.45) is 0 Å². The average molecular weight is 475 g/mol. The van der Waals surface area contributed by atoms with Crippen molar-refractivity contribution >= 4 is 23.5 Å². The summed E-state index contributed by atoms with van der Waals surface area (Å²) in [6.45, 7) is 2.18. The van der Waals surface area contributed by atoms with Crippen molar-refractivity contribution in [1.29, 1.82) is 0 Å². The molecule has 1 aromatic carbocycles. The Morgan fingerprint density at radius 3 is 2.33 bits per heavy atom. The van der Waals surface area contributed by atoms with E-state index >= 15 is 0 Å². The maximum absolute atomic E-state index is 6.28. The molecule has 1 aromatic heterocycles. The van der Waals surface area contributed by atoms with Crippen molar-refractivity contribution in [2.75, 3.05) is 44.5 Å². The minimum Gasteiger partial charge on any atom is -0.495 e. The maximum Gasteiger partial charge on any atom is 0.328 e.